The van der Waals surface area contributed by atoms with Crippen LogP contribution >= 0.6 is 0 Å². The molecule has 0 saturated carbocycles. The molecule has 0 unspecified atom stereocenters. The van der Waals surface area contributed by atoms with Crippen molar-refractivity contribution in [3.63, 3.8) is 0 Å². The molecule has 1 N–H and O–H groups in total. The van der Waals surface area contributed by atoms with Crippen LogP contribution in [0.1, 0.15) is 22.6 Å². The van der Waals surface area contributed by atoms with Gasteiger partial charge in [0, 0.05) is 11.1 Å². The van der Waals surface area contributed by atoms with Crippen molar-refractivity contribution in [2.24, 2.45) is 0 Å². The minimum absolute atomic E-state index is 0.571. The first-order valence-corrected chi connectivity index (χ1v) is 7.74. The Kier molecular flexibility index (Phi) is 3.39. The molecule has 0 radical (unpaired) electrons. The normalized spacial score (nSPS) is 13.6. The topological polar surface area (TPSA) is 47.3 Å². The molecule has 2 aromatic carbocycles. The fraction of sp³-hybridized carbons (Fsp3) is 0.211. The van der Waals surface area contributed by atoms with Crippen LogP contribution in [0.3, 0.4) is 0 Å². The van der Waals surface area contributed by atoms with E-state index in [0.717, 1.165) is 28.0 Å². The summed E-state index contributed by atoms with van der Waals surface area (Å²) < 4.78 is 11.8. The van der Waals surface area contributed by atoms with E-state index in [0.29, 0.717) is 19.0 Å². The molecule has 0 spiro atoms. The zero-order valence-electron chi connectivity index (χ0n) is 13.2. The van der Waals surface area contributed by atoms with Crippen LogP contribution in [-0.2, 0) is 6.54 Å². The Morgan fingerprint density at radius 1 is 1.22 bits per heavy atom. The Bertz CT molecular complexity index is 895. The van der Waals surface area contributed by atoms with E-state index in [1.165, 1.54) is 11.1 Å². The van der Waals surface area contributed by atoms with Crippen molar-refractivity contribution >= 4 is 16.7 Å². The average Bonchev–Trinajstić information content (AvgIpc) is 2.99. The summed E-state index contributed by atoms with van der Waals surface area (Å²) in [5.74, 6) is 1.59. The first-order chi connectivity index (χ1) is 11.3. The van der Waals surface area contributed by atoms with E-state index in [-0.39, 0.29) is 0 Å². The molecule has 0 saturated heterocycles. The summed E-state index contributed by atoms with van der Waals surface area (Å²) in [6.07, 6.45) is 2.12. The predicted molar refractivity (Wildman–Crippen MR) is 90.5 cm³/mol. The molecule has 4 rings (SSSR count). The monoisotopic (exact) mass is 306 g/mol. The van der Waals surface area contributed by atoms with Gasteiger partial charge in [0.2, 0.25) is 5.89 Å². The van der Waals surface area contributed by atoms with E-state index in [4.69, 9.17) is 9.15 Å². The number of hydrogen-bond donors (Lipinski definition) is 1. The second kappa shape index (κ2) is 5.56. The third kappa shape index (κ3) is 2.32. The molecule has 0 atom stereocenters. The van der Waals surface area contributed by atoms with Crippen LogP contribution < -0.4 is 10.1 Å². The molecule has 3 aromatic rings. The van der Waals surface area contributed by atoms with Crippen molar-refractivity contribution in [1.29, 1.82) is 0 Å². The van der Waals surface area contributed by atoms with Gasteiger partial charge >= 0.3 is 0 Å². The standard InChI is InChI=1S/C19H18N2O2/c1-12-18-15(10-16-19(12)23-17(21-16)11-20-2)14(8-9-22-18)13-6-4-3-5-7-13/h3-8,10,20H,9,11H2,1-2H3. The van der Waals surface area contributed by atoms with E-state index in [2.05, 4.69) is 46.7 Å². The van der Waals surface area contributed by atoms with E-state index in [9.17, 15) is 0 Å². The second-order valence-corrected chi connectivity index (χ2v) is 5.66. The molecule has 1 aliphatic heterocycles. The van der Waals surface area contributed by atoms with Gasteiger partial charge in [0.25, 0.3) is 0 Å². The minimum atomic E-state index is 0.571. The first kappa shape index (κ1) is 14.0. The molecule has 0 fully saturated rings. The Morgan fingerprint density at radius 2 is 2.04 bits per heavy atom. The SMILES string of the molecule is CNCc1nc2cc3c(c(C)c2o1)OCC=C3c1ccccc1. The summed E-state index contributed by atoms with van der Waals surface area (Å²) >= 11 is 0. The van der Waals surface area contributed by atoms with Crippen molar-refractivity contribution in [1.82, 2.24) is 10.3 Å². The van der Waals surface area contributed by atoms with Crippen molar-refractivity contribution in [3.8, 4) is 5.75 Å². The van der Waals surface area contributed by atoms with Crippen molar-refractivity contribution in [2.45, 2.75) is 13.5 Å². The summed E-state index contributed by atoms with van der Waals surface area (Å²) in [6, 6.07) is 12.4. The van der Waals surface area contributed by atoms with Gasteiger partial charge in [-0.2, -0.15) is 0 Å². The van der Waals surface area contributed by atoms with Crippen molar-refractivity contribution in [3.05, 3.63) is 65.1 Å². The van der Waals surface area contributed by atoms with Gasteiger partial charge < -0.3 is 14.5 Å². The van der Waals surface area contributed by atoms with E-state index in [1.54, 1.807) is 0 Å². The van der Waals surface area contributed by atoms with Crippen LogP contribution in [0.15, 0.2) is 46.9 Å². The minimum Gasteiger partial charge on any atom is -0.488 e. The van der Waals surface area contributed by atoms with Gasteiger partial charge in [0.15, 0.2) is 5.58 Å². The summed E-state index contributed by atoms with van der Waals surface area (Å²) in [5.41, 5.74) is 6.15. The number of hydrogen-bond acceptors (Lipinski definition) is 4. The lowest BCUT2D eigenvalue weighted by atomic mass is 9.93. The zero-order valence-corrected chi connectivity index (χ0v) is 13.2. The zero-order chi connectivity index (χ0) is 15.8. The maximum atomic E-state index is 5.90. The number of benzene rings is 2. The molecule has 4 nitrogen and oxygen atoms in total. The van der Waals surface area contributed by atoms with E-state index >= 15 is 0 Å². The highest BCUT2D eigenvalue weighted by Crippen LogP contribution is 2.40. The van der Waals surface area contributed by atoms with Gasteiger partial charge in [-0.15, -0.1) is 0 Å². The highest BCUT2D eigenvalue weighted by Gasteiger charge is 2.22. The average molecular weight is 306 g/mol. The summed E-state index contributed by atoms with van der Waals surface area (Å²) in [4.78, 5) is 4.59. The lowest BCUT2D eigenvalue weighted by Gasteiger charge is -2.20. The van der Waals surface area contributed by atoms with Gasteiger partial charge in [-0.05, 0) is 37.3 Å². The van der Waals surface area contributed by atoms with Crippen LogP contribution in [0.5, 0.6) is 5.75 Å². The molecule has 4 heteroatoms. The second-order valence-electron chi connectivity index (χ2n) is 5.66. The molecule has 1 aromatic heterocycles. The van der Waals surface area contributed by atoms with Gasteiger partial charge in [-0.25, -0.2) is 4.98 Å². The molecular formula is C19H18N2O2. The molecule has 0 bridgehead atoms. The highest BCUT2D eigenvalue weighted by molar-refractivity contribution is 5.92. The van der Waals surface area contributed by atoms with Crippen LogP contribution in [-0.4, -0.2) is 18.6 Å². The fourth-order valence-corrected chi connectivity index (χ4v) is 3.07. The Labute approximate surface area is 134 Å². The number of ether oxygens (including phenoxy) is 1. The Hall–Kier alpha value is -2.59. The maximum Gasteiger partial charge on any atom is 0.209 e. The summed E-state index contributed by atoms with van der Waals surface area (Å²) in [5, 5.41) is 3.07. The van der Waals surface area contributed by atoms with Gasteiger partial charge in [0.1, 0.15) is 17.9 Å². The van der Waals surface area contributed by atoms with Gasteiger partial charge in [-0.3, -0.25) is 0 Å². The van der Waals surface area contributed by atoms with E-state index in [1.807, 2.05) is 20.0 Å². The van der Waals surface area contributed by atoms with E-state index < -0.39 is 0 Å². The fourth-order valence-electron chi connectivity index (χ4n) is 3.07. The predicted octanol–water partition coefficient (Wildman–Crippen LogP) is 3.68. The highest BCUT2D eigenvalue weighted by atomic mass is 16.5. The molecule has 23 heavy (non-hydrogen) atoms. The van der Waals surface area contributed by atoms with Crippen LogP contribution in [0.25, 0.3) is 16.7 Å². The number of oxazole rings is 1. The number of fused-ring (bicyclic) bond motifs is 2. The van der Waals surface area contributed by atoms with Crippen LogP contribution in [0.4, 0.5) is 0 Å². The number of aryl methyl sites for hydroxylation is 1. The van der Waals surface area contributed by atoms with Gasteiger partial charge in [0.05, 0.1) is 6.54 Å². The Balaban J connectivity index is 1.91. The molecule has 0 amide bonds. The third-order valence-electron chi connectivity index (χ3n) is 4.12. The number of aromatic nitrogens is 1. The summed E-state index contributed by atoms with van der Waals surface area (Å²) in [7, 11) is 1.88. The quantitative estimate of drug-likeness (QED) is 0.802. The van der Waals surface area contributed by atoms with Crippen molar-refractivity contribution in [2.75, 3.05) is 13.7 Å². The molecule has 2 heterocycles. The van der Waals surface area contributed by atoms with Crippen LogP contribution in [0, 0.1) is 6.92 Å². The molecule has 0 aliphatic carbocycles. The number of nitrogens with one attached hydrogen (secondary N) is 1. The molecule has 116 valence electrons. The smallest absolute Gasteiger partial charge is 0.209 e. The lowest BCUT2D eigenvalue weighted by molar-refractivity contribution is 0.354. The maximum absolute atomic E-state index is 5.90. The van der Waals surface area contributed by atoms with Gasteiger partial charge in [-0.1, -0.05) is 30.3 Å². The third-order valence-corrected chi connectivity index (χ3v) is 4.12. The van der Waals surface area contributed by atoms with Crippen molar-refractivity contribution < 1.29 is 9.15 Å². The Morgan fingerprint density at radius 3 is 2.83 bits per heavy atom. The first-order valence-electron chi connectivity index (χ1n) is 7.74. The molecule has 1 aliphatic rings. The largest absolute Gasteiger partial charge is 0.488 e. The number of nitrogens with zero attached hydrogens (tertiary/aromatic N) is 1. The lowest BCUT2D eigenvalue weighted by Crippen LogP contribution is -2.07. The molecular weight excluding hydrogens is 288 g/mol. The summed E-state index contributed by atoms with van der Waals surface area (Å²) in [6.45, 7) is 3.21. The van der Waals surface area contributed by atoms with Crippen LogP contribution in [0.2, 0.25) is 0 Å². The number of rotatable bonds is 3.